The molecule has 0 bridgehead atoms. The van der Waals surface area contributed by atoms with E-state index < -0.39 is 28.2 Å². The third kappa shape index (κ3) is 5.52. The Balaban J connectivity index is 1.63. The number of carbonyl (C=O) groups excluding carboxylic acids is 2. The number of carbonyl (C=O) groups is 2. The van der Waals surface area contributed by atoms with Crippen LogP contribution in [0.5, 0.6) is 5.75 Å². The van der Waals surface area contributed by atoms with Crippen molar-refractivity contribution >= 4 is 21.8 Å². The number of hydrogen-bond donors (Lipinski definition) is 0. The first-order valence-electron chi connectivity index (χ1n) is 10.5. The molecule has 12 heteroatoms. The number of alkyl halides is 3. The van der Waals surface area contributed by atoms with Gasteiger partial charge in [0.1, 0.15) is 11.8 Å². The molecule has 1 unspecified atom stereocenters. The van der Waals surface area contributed by atoms with Gasteiger partial charge in [0.15, 0.2) is 0 Å². The summed E-state index contributed by atoms with van der Waals surface area (Å²) in [6, 6.07) is 3.50. The van der Waals surface area contributed by atoms with Crippen LogP contribution in [0.1, 0.15) is 32.6 Å². The number of amides is 2. The van der Waals surface area contributed by atoms with Gasteiger partial charge < -0.3 is 14.5 Å². The normalized spacial score (nSPS) is 20.8. The summed E-state index contributed by atoms with van der Waals surface area (Å²) in [6.45, 7) is 2.78. The molecule has 2 aliphatic heterocycles. The van der Waals surface area contributed by atoms with E-state index in [4.69, 9.17) is 0 Å². The Morgan fingerprint density at radius 2 is 1.66 bits per heavy atom. The summed E-state index contributed by atoms with van der Waals surface area (Å²) in [4.78, 5) is 28.3. The van der Waals surface area contributed by atoms with Crippen molar-refractivity contribution in [1.29, 1.82) is 0 Å². The summed E-state index contributed by atoms with van der Waals surface area (Å²) in [5.41, 5.74) is 0. The summed E-state index contributed by atoms with van der Waals surface area (Å²) >= 11 is 0. The van der Waals surface area contributed by atoms with E-state index in [0.717, 1.165) is 37.1 Å². The highest BCUT2D eigenvalue weighted by Gasteiger charge is 2.37. The molecule has 0 aromatic heterocycles. The van der Waals surface area contributed by atoms with E-state index in [-0.39, 0.29) is 42.9 Å². The SMILES string of the molecule is CCC(=O)N1CCCCC1C(=O)N1CCN(S(=O)(=O)c2ccc(OC(F)(F)F)cc2)CC1. The molecule has 2 heterocycles. The van der Waals surface area contributed by atoms with Gasteiger partial charge in [-0.1, -0.05) is 6.92 Å². The Morgan fingerprint density at radius 1 is 1.03 bits per heavy atom. The summed E-state index contributed by atoms with van der Waals surface area (Å²) in [6.07, 6.45) is -2.24. The maximum absolute atomic E-state index is 13.0. The average molecular weight is 478 g/mol. The smallest absolute Gasteiger partial charge is 0.406 e. The van der Waals surface area contributed by atoms with Crippen LogP contribution in [0.15, 0.2) is 29.2 Å². The predicted octanol–water partition coefficient (Wildman–Crippen LogP) is 2.21. The first-order valence-corrected chi connectivity index (χ1v) is 11.9. The number of piperidine rings is 1. The minimum absolute atomic E-state index is 0.0588. The zero-order chi connectivity index (χ0) is 23.5. The molecular weight excluding hydrogens is 451 g/mol. The zero-order valence-electron chi connectivity index (χ0n) is 17.7. The Morgan fingerprint density at radius 3 is 2.22 bits per heavy atom. The zero-order valence-corrected chi connectivity index (χ0v) is 18.5. The molecule has 2 fully saturated rings. The third-order valence-electron chi connectivity index (χ3n) is 5.66. The van der Waals surface area contributed by atoms with Gasteiger partial charge >= 0.3 is 6.36 Å². The molecule has 1 aromatic rings. The third-order valence-corrected chi connectivity index (χ3v) is 7.57. The summed E-state index contributed by atoms with van der Waals surface area (Å²) in [5, 5.41) is 0. The molecule has 0 radical (unpaired) electrons. The van der Waals surface area contributed by atoms with Gasteiger partial charge in [-0.2, -0.15) is 4.31 Å². The highest BCUT2D eigenvalue weighted by molar-refractivity contribution is 7.89. The fourth-order valence-corrected chi connectivity index (χ4v) is 5.43. The van der Waals surface area contributed by atoms with E-state index in [9.17, 15) is 31.2 Å². The van der Waals surface area contributed by atoms with Crippen molar-refractivity contribution < 1.29 is 35.9 Å². The number of piperazine rings is 1. The highest BCUT2D eigenvalue weighted by atomic mass is 32.2. The van der Waals surface area contributed by atoms with E-state index in [1.165, 1.54) is 4.31 Å². The van der Waals surface area contributed by atoms with Gasteiger partial charge in [0, 0.05) is 39.1 Å². The van der Waals surface area contributed by atoms with Crippen molar-refractivity contribution in [3.63, 3.8) is 0 Å². The van der Waals surface area contributed by atoms with Crippen molar-refractivity contribution in [3.8, 4) is 5.75 Å². The number of rotatable bonds is 5. The molecule has 8 nitrogen and oxygen atoms in total. The lowest BCUT2D eigenvalue weighted by molar-refractivity contribution is -0.274. The number of halogens is 3. The molecule has 0 N–H and O–H groups in total. The largest absolute Gasteiger partial charge is 0.573 e. The topological polar surface area (TPSA) is 87.2 Å². The molecule has 2 amide bonds. The van der Waals surface area contributed by atoms with E-state index in [2.05, 4.69) is 4.74 Å². The first-order chi connectivity index (χ1) is 15.0. The molecule has 1 atom stereocenters. The van der Waals surface area contributed by atoms with Gasteiger partial charge in [0.05, 0.1) is 4.90 Å². The standard InChI is InChI=1S/C20H26F3N3O5S/c1-2-18(27)26-10-4-3-5-17(26)19(28)24-11-13-25(14-12-24)32(29,30)16-8-6-15(7-9-16)31-20(21,22)23/h6-9,17H,2-5,10-14H2,1H3. The lowest BCUT2D eigenvalue weighted by Gasteiger charge is -2.40. The fourth-order valence-electron chi connectivity index (χ4n) is 4.01. The lowest BCUT2D eigenvalue weighted by atomic mass is 10.00. The Kier molecular flexibility index (Phi) is 7.33. The number of nitrogens with zero attached hydrogens (tertiary/aromatic N) is 3. The van der Waals surface area contributed by atoms with Gasteiger partial charge in [0.2, 0.25) is 21.8 Å². The summed E-state index contributed by atoms with van der Waals surface area (Å²) in [5.74, 6) is -0.745. The number of sulfonamides is 1. The first kappa shape index (κ1) is 24.3. The van der Waals surface area contributed by atoms with E-state index in [0.29, 0.717) is 19.4 Å². The van der Waals surface area contributed by atoms with Crippen molar-refractivity contribution in [3.05, 3.63) is 24.3 Å². The Labute approximate surface area is 185 Å². The number of hydrogen-bond acceptors (Lipinski definition) is 5. The van der Waals surface area contributed by atoms with Crippen molar-refractivity contribution in [2.75, 3.05) is 32.7 Å². The van der Waals surface area contributed by atoms with Crippen LogP contribution >= 0.6 is 0 Å². The van der Waals surface area contributed by atoms with Gasteiger partial charge in [0.25, 0.3) is 0 Å². The second-order valence-corrected chi connectivity index (χ2v) is 9.64. The summed E-state index contributed by atoms with van der Waals surface area (Å²) in [7, 11) is -3.93. The van der Waals surface area contributed by atoms with Crippen LogP contribution in [0.3, 0.4) is 0 Å². The van der Waals surface area contributed by atoms with Gasteiger partial charge in [-0.25, -0.2) is 8.42 Å². The van der Waals surface area contributed by atoms with Crippen molar-refractivity contribution in [2.24, 2.45) is 0 Å². The van der Waals surface area contributed by atoms with Crippen LogP contribution in [0, 0.1) is 0 Å². The van der Waals surface area contributed by atoms with Gasteiger partial charge in [-0.15, -0.1) is 13.2 Å². The van der Waals surface area contributed by atoms with Crippen LogP contribution < -0.4 is 4.74 Å². The van der Waals surface area contributed by atoms with Crippen LogP contribution in [0.2, 0.25) is 0 Å². The van der Waals surface area contributed by atoms with Crippen LogP contribution in [-0.2, 0) is 19.6 Å². The molecule has 32 heavy (non-hydrogen) atoms. The Bertz CT molecular complexity index is 929. The predicted molar refractivity (Wildman–Crippen MR) is 108 cm³/mol. The second-order valence-electron chi connectivity index (χ2n) is 7.70. The fraction of sp³-hybridized carbons (Fsp3) is 0.600. The molecule has 3 rings (SSSR count). The van der Waals surface area contributed by atoms with Gasteiger partial charge in [-0.05, 0) is 43.5 Å². The molecule has 2 aliphatic rings. The van der Waals surface area contributed by atoms with Crippen LogP contribution in [-0.4, -0.2) is 79.5 Å². The van der Waals surface area contributed by atoms with E-state index >= 15 is 0 Å². The molecule has 1 aromatic carbocycles. The number of benzene rings is 1. The van der Waals surface area contributed by atoms with E-state index in [1.807, 2.05) is 0 Å². The van der Waals surface area contributed by atoms with Crippen LogP contribution in [0.4, 0.5) is 13.2 Å². The molecule has 0 saturated carbocycles. The minimum atomic E-state index is -4.86. The highest BCUT2D eigenvalue weighted by Crippen LogP contribution is 2.26. The molecule has 178 valence electrons. The van der Waals surface area contributed by atoms with Crippen molar-refractivity contribution in [1.82, 2.24) is 14.1 Å². The second kappa shape index (κ2) is 9.65. The molecule has 0 aliphatic carbocycles. The van der Waals surface area contributed by atoms with E-state index in [1.54, 1.807) is 16.7 Å². The van der Waals surface area contributed by atoms with Crippen molar-refractivity contribution in [2.45, 2.75) is 49.9 Å². The lowest BCUT2D eigenvalue weighted by Crippen LogP contribution is -2.57. The monoisotopic (exact) mass is 477 g/mol. The maximum atomic E-state index is 13.0. The van der Waals surface area contributed by atoms with Crippen LogP contribution in [0.25, 0.3) is 0 Å². The van der Waals surface area contributed by atoms with Gasteiger partial charge in [-0.3, -0.25) is 9.59 Å². The average Bonchev–Trinajstić information content (AvgIpc) is 2.77. The minimum Gasteiger partial charge on any atom is -0.406 e. The molecule has 2 saturated heterocycles. The number of ether oxygens (including phenoxy) is 1. The maximum Gasteiger partial charge on any atom is 0.573 e. The number of likely N-dealkylation sites (tertiary alicyclic amines) is 1. The molecule has 0 spiro atoms. The Hall–Kier alpha value is -2.34. The summed E-state index contributed by atoms with van der Waals surface area (Å²) < 4.78 is 67.5. The quantitative estimate of drug-likeness (QED) is 0.649. The molecular formula is C20H26F3N3O5S.